The molecule has 11 heavy (non-hydrogen) atoms. The van der Waals surface area contributed by atoms with Crippen LogP contribution in [0, 0.1) is 6.92 Å². The van der Waals surface area contributed by atoms with Crippen LogP contribution in [0.1, 0.15) is 12.5 Å². The first-order valence-corrected chi connectivity index (χ1v) is 3.44. The second kappa shape index (κ2) is 3.71. The van der Waals surface area contributed by atoms with Crippen molar-refractivity contribution in [1.29, 1.82) is 0 Å². The Morgan fingerprint density at radius 1 is 1.36 bits per heavy atom. The molecule has 0 spiro atoms. The first-order valence-electron chi connectivity index (χ1n) is 3.94. The Bertz CT molecular complexity index is 298. The predicted octanol–water partition coefficient (Wildman–Crippen LogP) is 2.21. The van der Waals surface area contributed by atoms with Crippen LogP contribution < -0.4 is 0 Å². The van der Waals surface area contributed by atoms with Crippen molar-refractivity contribution in [3.63, 3.8) is 0 Å². The number of hydrogen-bond donors (Lipinski definition) is 0. The van der Waals surface area contributed by atoms with Crippen molar-refractivity contribution < 1.29 is 6.17 Å². The highest BCUT2D eigenvalue weighted by Crippen LogP contribution is 2.03. The van der Waals surface area contributed by atoms with Crippen molar-refractivity contribution in [2.24, 2.45) is 0 Å². The van der Waals surface area contributed by atoms with Crippen molar-refractivity contribution in [1.82, 2.24) is 0 Å². The van der Waals surface area contributed by atoms with E-state index in [2.05, 4.69) is 0 Å². The average Bonchev–Trinajstić information content (AvgIpc) is 2.03. The Kier molecular flexibility index (Phi) is 2.14. The Morgan fingerprint density at radius 2 is 2.00 bits per heavy atom. The van der Waals surface area contributed by atoms with Gasteiger partial charge < -0.3 is 0 Å². The first-order chi connectivity index (χ1) is 5.68. The third kappa shape index (κ3) is 2.38. The molecule has 1 nitrogen and oxygen atoms in total. The molecule has 0 saturated heterocycles. The van der Waals surface area contributed by atoms with Gasteiger partial charge in [0.25, 0.3) is 0 Å². The van der Waals surface area contributed by atoms with Crippen LogP contribution in [-0.2, 0) is 4.79 Å². The van der Waals surface area contributed by atoms with Crippen molar-refractivity contribution >= 4 is 12.3 Å². The summed E-state index contributed by atoms with van der Waals surface area (Å²) in [7, 11) is 0. The summed E-state index contributed by atoms with van der Waals surface area (Å²) < 4.78 is 6.64. The molecule has 0 aliphatic rings. The van der Waals surface area contributed by atoms with Gasteiger partial charge in [0.05, 0.1) is 0 Å². The van der Waals surface area contributed by atoms with Crippen LogP contribution in [0.3, 0.4) is 0 Å². The van der Waals surface area contributed by atoms with E-state index in [1.54, 1.807) is 6.08 Å². The number of hydrogen-bond acceptors (Lipinski definition) is 1. The summed E-state index contributed by atoms with van der Waals surface area (Å²) in [6.07, 6.45) is 2.20. The SMILES string of the molecule is [2H]C(=O)/C=C/c1ccc(C)cc1. The van der Waals surface area contributed by atoms with E-state index in [4.69, 9.17) is 1.37 Å². The molecule has 56 valence electrons. The molecule has 0 fully saturated rings. The Hall–Kier alpha value is -1.37. The van der Waals surface area contributed by atoms with Crippen LogP contribution >= 0.6 is 0 Å². The number of carbonyl (C=O) groups is 1. The van der Waals surface area contributed by atoms with Gasteiger partial charge in [-0.1, -0.05) is 35.9 Å². The number of benzene rings is 1. The second-order valence-electron chi connectivity index (χ2n) is 2.36. The maximum atomic E-state index is 10.3. The predicted molar refractivity (Wildman–Crippen MR) is 46.3 cm³/mol. The summed E-state index contributed by atoms with van der Waals surface area (Å²) in [4.78, 5) is 10.3. The summed E-state index contributed by atoms with van der Waals surface area (Å²) in [5.74, 6) is 0. The van der Waals surface area contributed by atoms with Crippen LogP contribution in [0.2, 0.25) is 0 Å². The lowest BCUT2D eigenvalue weighted by Gasteiger charge is -1.92. The average molecular weight is 147 g/mol. The number of aryl methyl sites for hydroxylation is 1. The first kappa shape index (κ1) is 6.35. The molecule has 0 aliphatic carbocycles. The molecule has 0 atom stereocenters. The van der Waals surface area contributed by atoms with Gasteiger partial charge in [-0.3, -0.25) is 4.79 Å². The fourth-order valence-electron chi connectivity index (χ4n) is 0.808. The third-order valence-electron chi connectivity index (χ3n) is 1.42. The molecule has 1 aromatic carbocycles. The molecule has 0 aromatic heterocycles. The van der Waals surface area contributed by atoms with Gasteiger partial charge >= 0.3 is 0 Å². The van der Waals surface area contributed by atoms with Gasteiger partial charge in [0.1, 0.15) is 7.63 Å². The summed E-state index contributed by atoms with van der Waals surface area (Å²) in [5.41, 5.74) is 2.13. The largest absolute Gasteiger partial charge is 0.299 e. The zero-order chi connectivity index (χ0) is 8.97. The number of aldehydes is 1. The van der Waals surface area contributed by atoms with Crippen LogP contribution in [0.15, 0.2) is 30.3 Å². The topological polar surface area (TPSA) is 17.1 Å². The molecule has 0 radical (unpaired) electrons. The molecule has 0 bridgehead atoms. The molecule has 0 aliphatic heterocycles. The van der Waals surface area contributed by atoms with Crippen molar-refractivity contribution in [3.05, 3.63) is 41.5 Å². The zero-order valence-corrected chi connectivity index (χ0v) is 6.37. The Labute approximate surface area is 67.8 Å². The number of rotatable bonds is 2. The van der Waals surface area contributed by atoms with E-state index < -0.39 is 6.26 Å². The summed E-state index contributed by atoms with van der Waals surface area (Å²) in [5, 5.41) is 0. The lowest BCUT2D eigenvalue weighted by atomic mass is 10.1. The molecule has 1 heteroatoms. The lowest BCUT2D eigenvalue weighted by Crippen LogP contribution is -1.73. The normalized spacial score (nSPS) is 11.5. The summed E-state index contributed by atoms with van der Waals surface area (Å²) >= 11 is 0. The minimum atomic E-state index is -0.671. The maximum absolute atomic E-state index is 10.3. The van der Waals surface area contributed by atoms with Crippen LogP contribution in [0.4, 0.5) is 0 Å². The highest BCUT2D eigenvalue weighted by Gasteiger charge is 1.84. The number of carbonyl (C=O) groups excluding carboxylic acids is 1. The highest BCUT2D eigenvalue weighted by atomic mass is 16.1. The Morgan fingerprint density at radius 3 is 2.55 bits per heavy atom. The quantitative estimate of drug-likeness (QED) is 0.463. The standard InChI is InChI=1S/C10H10O/c1-9-4-6-10(7-5-9)3-2-8-11/h2-8H,1H3/b3-2+/i8D. The molecule has 1 rings (SSSR count). The van der Waals surface area contributed by atoms with Crippen molar-refractivity contribution in [3.8, 4) is 0 Å². The molecule has 1 aromatic rings. The van der Waals surface area contributed by atoms with Gasteiger partial charge in [0, 0.05) is 0 Å². The second-order valence-corrected chi connectivity index (χ2v) is 2.36. The van der Waals surface area contributed by atoms with Crippen LogP contribution in [0.25, 0.3) is 6.08 Å². The van der Waals surface area contributed by atoms with Gasteiger partial charge in [-0.15, -0.1) is 0 Å². The fraction of sp³-hybridized carbons (Fsp3) is 0.100. The molecule has 0 amide bonds. The van der Waals surface area contributed by atoms with Gasteiger partial charge in [-0.2, -0.15) is 0 Å². The smallest absolute Gasteiger partial charge is 0.142 e. The summed E-state index contributed by atoms with van der Waals surface area (Å²) in [6.45, 7) is 2.00. The van der Waals surface area contributed by atoms with Gasteiger partial charge in [-0.05, 0) is 18.6 Å². The van der Waals surface area contributed by atoms with E-state index in [-0.39, 0.29) is 0 Å². The lowest BCUT2D eigenvalue weighted by molar-refractivity contribution is -0.104. The van der Waals surface area contributed by atoms with E-state index >= 15 is 0 Å². The zero-order valence-electron chi connectivity index (χ0n) is 7.37. The van der Waals surface area contributed by atoms with Crippen molar-refractivity contribution in [2.45, 2.75) is 6.92 Å². The van der Waals surface area contributed by atoms with Gasteiger partial charge in [0.2, 0.25) is 0 Å². The van der Waals surface area contributed by atoms with Gasteiger partial charge in [-0.25, -0.2) is 0 Å². The van der Waals surface area contributed by atoms with Gasteiger partial charge in [0.15, 0.2) is 0 Å². The van der Waals surface area contributed by atoms with E-state index in [0.717, 1.165) is 5.56 Å². The van der Waals surface area contributed by atoms with E-state index in [0.29, 0.717) is 0 Å². The molecule has 0 unspecified atom stereocenters. The Balaban J connectivity index is 2.77. The van der Waals surface area contributed by atoms with E-state index in [1.165, 1.54) is 11.6 Å². The molecular formula is C10H10O. The van der Waals surface area contributed by atoms with E-state index in [1.807, 2.05) is 31.2 Å². The maximum Gasteiger partial charge on any atom is 0.142 e. The van der Waals surface area contributed by atoms with Crippen LogP contribution in [0.5, 0.6) is 0 Å². The van der Waals surface area contributed by atoms with E-state index in [9.17, 15) is 4.79 Å². The third-order valence-corrected chi connectivity index (χ3v) is 1.42. The minimum absolute atomic E-state index is 0.671. The molecule has 0 N–H and O–H groups in total. The van der Waals surface area contributed by atoms with Crippen LogP contribution in [-0.4, -0.2) is 6.26 Å². The molecule has 0 heterocycles. The van der Waals surface area contributed by atoms with Crippen molar-refractivity contribution in [2.75, 3.05) is 0 Å². The summed E-state index contributed by atoms with van der Waals surface area (Å²) in [6, 6.07) is 7.76. The minimum Gasteiger partial charge on any atom is -0.299 e. The molecule has 0 saturated carbocycles. The fourth-order valence-corrected chi connectivity index (χ4v) is 0.808. The number of allylic oxidation sites excluding steroid dienone is 1. The highest BCUT2D eigenvalue weighted by molar-refractivity contribution is 5.73. The monoisotopic (exact) mass is 147 g/mol. The molecular weight excluding hydrogens is 136 g/mol.